The summed E-state index contributed by atoms with van der Waals surface area (Å²) in [6, 6.07) is 14.8. The van der Waals surface area contributed by atoms with Gasteiger partial charge in [0.2, 0.25) is 0 Å². The summed E-state index contributed by atoms with van der Waals surface area (Å²) in [5.41, 5.74) is 3.15. The molecule has 134 valence electrons. The summed E-state index contributed by atoms with van der Waals surface area (Å²) in [6.07, 6.45) is 5.40. The van der Waals surface area contributed by atoms with Crippen LogP contribution in [-0.4, -0.2) is 25.6 Å². The maximum atomic E-state index is 12.5. The average Bonchev–Trinajstić information content (AvgIpc) is 3.34. The molecule has 7 nitrogen and oxygen atoms in total. The Kier molecular flexibility index (Phi) is 4.49. The van der Waals surface area contributed by atoms with Crippen molar-refractivity contribution in [1.29, 1.82) is 0 Å². The summed E-state index contributed by atoms with van der Waals surface area (Å²) < 4.78 is 7.11. The quantitative estimate of drug-likeness (QED) is 0.589. The van der Waals surface area contributed by atoms with E-state index in [1.54, 1.807) is 43.7 Å². The molecule has 0 saturated heterocycles. The zero-order chi connectivity index (χ0) is 18.6. The molecule has 0 aliphatic carbocycles. The number of amides is 1. The van der Waals surface area contributed by atoms with E-state index in [1.165, 1.54) is 0 Å². The van der Waals surface area contributed by atoms with Crippen LogP contribution in [0.1, 0.15) is 21.7 Å². The zero-order valence-corrected chi connectivity index (χ0v) is 14.7. The van der Waals surface area contributed by atoms with E-state index in [9.17, 15) is 4.79 Å². The van der Waals surface area contributed by atoms with Crippen molar-refractivity contribution < 1.29 is 9.32 Å². The lowest BCUT2D eigenvalue weighted by molar-refractivity contribution is 0.102. The van der Waals surface area contributed by atoms with Gasteiger partial charge in [-0.2, -0.15) is 4.98 Å². The van der Waals surface area contributed by atoms with Crippen LogP contribution in [0.5, 0.6) is 0 Å². The minimum atomic E-state index is -0.178. The van der Waals surface area contributed by atoms with Gasteiger partial charge in [-0.05, 0) is 48.9 Å². The normalized spacial score (nSPS) is 10.7. The number of carbonyl (C=O) groups excluding carboxylic acids is 1. The molecule has 0 spiro atoms. The number of hydrogen-bond acceptors (Lipinski definition) is 5. The number of aromatic nitrogens is 4. The van der Waals surface area contributed by atoms with Gasteiger partial charge in [-0.15, -0.1) is 0 Å². The Hall–Kier alpha value is -3.74. The van der Waals surface area contributed by atoms with E-state index < -0.39 is 0 Å². The van der Waals surface area contributed by atoms with Crippen LogP contribution in [0.25, 0.3) is 11.5 Å². The number of imidazole rings is 1. The highest BCUT2D eigenvalue weighted by Gasteiger charge is 2.10. The Morgan fingerprint density at radius 1 is 1.19 bits per heavy atom. The van der Waals surface area contributed by atoms with Gasteiger partial charge in [0, 0.05) is 35.8 Å². The summed E-state index contributed by atoms with van der Waals surface area (Å²) in [7, 11) is 0. The fourth-order valence-corrected chi connectivity index (χ4v) is 2.72. The highest BCUT2D eigenvalue weighted by Crippen LogP contribution is 2.19. The van der Waals surface area contributed by atoms with Crippen molar-refractivity contribution in [2.24, 2.45) is 0 Å². The van der Waals surface area contributed by atoms with Gasteiger partial charge in [0.05, 0.1) is 6.33 Å². The van der Waals surface area contributed by atoms with Gasteiger partial charge in [0.15, 0.2) is 5.82 Å². The molecule has 0 unspecified atom stereocenters. The minimum Gasteiger partial charge on any atom is -0.334 e. The van der Waals surface area contributed by atoms with Crippen LogP contribution in [-0.2, 0) is 6.54 Å². The van der Waals surface area contributed by atoms with Gasteiger partial charge in [-0.3, -0.25) is 4.79 Å². The molecule has 27 heavy (non-hydrogen) atoms. The van der Waals surface area contributed by atoms with E-state index in [2.05, 4.69) is 20.4 Å². The van der Waals surface area contributed by atoms with Crippen LogP contribution >= 0.6 is 0 Å². The first kappa shape index (κ1) is 16.7. The van der Waals surface area contributed by atoms with Crippen molar-refractivity contribution in [1.82, 2.24) is 19.7 Å². The minimum absolute atomic E-state index is 0.178. The number of aryl methyl sites for hydroxylation is 1. The second-order valence-corrected chi connectivity index (χ2v) is 6.11. The molecule has 2 heterocycles. The van der Waals surface area contributed by atoms with E-state index in [0.29, 0.717) is 23.8 Å². The van der Waals surface area contributed by atoms with E-state index in [0.717, 1.165) is 16.8 Å². The van der Waals surface area contributed by atoms with Gasteiger partial charge in [-0.25, -0.2) is 4.98 Å². The molecule has 0 aliphatic rings. The molecular weight excluding hydrogens is 342 g/mol. The van der Waals surface area contributed by atoms with Crippen LogP contribution in [0.4, 0.5) is 5.69 Å². The first-order valence-electron chi connectivity index (χ1n) is 8.44. The zero-order valence-electron chi connectivity index (χ0n) is 14.7. The molecule has 1 amide bonds. The van der Waals surface area contributed by atoms with Crippen molar-refractivity contribution in [3.8, 4) is 11.5 Å². The van der Waals surface area contributed by atoms with E-state index in [4.69, 9.17) is 4.52 Å². The molecule has 0 saturated carbocycles. The van der Waals surface area contributed by atoms with Crippen molar-refractivity contribution in [3.63, 3.8) is 0 Å². The number of nitrogens with zero attached hydrogens (tertiary/aromatic N) is 4. The van der Waals surface area contributed by atoms with Gasteiger partial charge >= 0.3 is 0 Å². The SMILES string of the molecule is Cc1noc(-c2ccc(C(=O)Nc3cccc(Cn4ccnc4)c3)cc2)n1. The Bertz CT molecular complexity index is 1050. The van der Waals surface area contributed by atoms with Crippen LogP contribution in [0, 0.1) is 6.92 Å². The maximum Gasteiger partial charge on any atom is 0.257 e. The van der Waals surface area contributed by atoms with Crippen LogP contribution in [0.3, 0.4) is 0 Å². The number of carbonyl (C=O) groups is 1. The predicted molar refractivity (Wildman–Crippen MR) is 100 cm³/mol. The van der Waals surface area contributed by atoms with E-state index in [1.807, 2.05) is 35.0 Å². The fourth-order valence-electron chi connectivity index (χ4n) is 2.72. The van der Waals surface area contributed by atoms with Crippen molar-refractivity contribution in [2.45, 2.75) is 13.5 Å². The summed E-state index contributed by atoms with van der Waals surface area (Å²) in [5.74, 6) is 0.831. The number of benzene rings is 2. The smallest absolute Gasteiger partial charge is 0.257 e. The summed E-state index contributed by atoms with van der Waals surface area (Å²) in [5, 5.41) is 6.70. The lowest BCUT2D eigenvalue weighted by Gasteiger charge is -2.08. The highest BCUT2D eigenvalue weighted by molar-refractivity contribution is 6.04. The topological polar surface area (TPSA) is 85.8 Å². The third kappa shape index (κ3) is 3.92. The lowest BCUT2D eigenvalue weighted by atomic mass is 10.1. The van der Waals surface area contributed by atoms with Gasteiger partial charge in [0.25, 0.3) is 11.8 Å². The fraction of sp³-hybridized carbons (Fsp3) is 0.100. The molecule has 2 aromatic heterocycles. The molecule has 1 N–H and O–H groups in total. The molecule has 0 fully saturated rings. The van der Waals surface area contributed by atoms with Crippen LogP contribution in [0.2, 0.25) is 0 Å². The molecule has 0 aliphatic heterocycles. The van der Waals surface area contributed by atoms with E-state index >= 15 is 0 Å². The molecule has 0 atom stereocenters. The Balaban J connectivity index is 1.46. The van der Waals surface area contributed by atoms with Crippen molar-refractivity contribution >= 4 is 11.6 Å². The Morgan fingerprint density at radius 2 is 2.04 bits per heavy atom. The Labute approximate surface area is 155 Å². The maximum absolute atomic E-state index is 12.5. The summed E-state index contributed by atoms with van der Waals surface area (Å²) in [6.45, 7) is 2.46. The molecule has 0 radical (unpaired) electrons. The monoisotopic (exact) mass is 359 g/mol. The lowest BCUT2D eigenvalue weighted by Crippen LogP contribution is -2.12. The van der Waals surface area contributed by atoms with Crippen molar-refractivity contribution in [2.75, 3.05) is 5.32 Å². The van der Waals surface area contributed by atoms with Crippen molar-refractivity contribution in [3.05, 3.63) is 84.2 Å². The molecule has 2 aromatic carbocycles. The average molecular weight is 359 g/mol. The van der Waals surface area contributed by atoms with Gasteiger partial charge < -0.3 is 14.4 Å². The third-order valence-corrected chi connectivity index (χ3v) is 4.03. The molecule has 7 heteroatoms. The highest BCUT2D eigenvalue weighted by atomic mass is 16.5. The molecule has 4 rings (SSSR count). The molecule has 0 bridgehead atoms. The van der Waals surface area contributed by atoms with Gasteiger partial charge in [-0.1, -0.05) is 17.3 Å². The molecule has 4 aromatic rings. The Morgan fingerprint density at radius 3 is 2.74 bits per heavy atom. The number of nitrogens with one attached hydrogen (secondary N) is 1. The van der Waals surface area contributed by atoms with Crippen LogP contribution < -0.4 is 5.32 Å². The largest absolute Gasteiger partial charge is 0.334 e. The first-order valence-corrected chi connectivity index (χ1v) is 8.44. The second kappa shape index (κ2) is 7.25. The van der Waals surface area contributed by atoms with Crippen LogP contribution in [0.15, 0.2) is 71.8 Å². The second-order valence-electron chi connectivity index (χ2n) is 6.11. The number of anilines is 1. The standard InChI is InChI=1S/C20H17N5O2/c1-14-22-20(27-24-14)17-7-5-16(6-8-17)19(26)23-18-4-2-3-15(11-18)12-25-10-9-21-13-25/h2-11,13H,12H2,1H3,(H,23,26). The summed E-state index contributed by atoms with van der Waals surface area (Å²) >= 11 is 0. The molecular formula is C20H17N5O2. The first-order chi connectivity index (χ1) is 13.2. The third-order valence-electron chi connectivity index (χ3n) is 4.03. The summed E-state index contributed by atoms with van der Waals surface area (Å²) in [4.78, 5) is 20.7. The number of rotatable bonds is 5. The number of hydrogen-bond donors (Lipinski definition) is 1. The predicted octanol–water partition coefficient (Wildman–Crippen LogP) is 3.54. The van der Waals surface area contributed by atoms with E-state index in [-0.39, 0.29) is 5.91 Å². The van der Waals surface area contributed by atoms with Gasteiger partial charge in [0.1, 0.15) is 0 Å².